The third-order valence-corrected chi connectivity index (χ3v) is 13.6. The Kier molecular flexibility index (Phi) is 7.01. The number of para-hydroxylation sites is 4. The second-order valence-corrected chi connectivity index (χ2v) is 16.8. The van der Waals surface area contributed by atoms with Gasteiger partial charge in [0.1, 0.15) is 11.2 Å². The molecule has 1 aliphatic carbocycles. The monoisotopic (exact) mass is 801 g/mol. The summed E-state index contributed by atoms with van der Waals surface area (Å²) in [4.78, 5) is 10.5. The Balaban J connectivity index is 0.959. The number of rotatable bonds is 4. The summed E-state index contributed by atoms with van der Waals surface area (Å²) < 4.78 is 8.83. The van der Waals surface area contributed by atoms with Gasteiger partial charge in [-0.3, -0.25) is 0 Å². The van der Waals surface area contributed by atoms with Crippen LogP contribution < -0.4 is 0 Å². The Bertz CT molecular complexity index is 3880. The van der Waals surface area contributed by atoms with Crippen molar-refractivity contribution in [3.8, 4) is 61.8 Å². The summed E-state index contributed by atoms with van der Waals surface area (Å²) in [6, 6.07) is 76.7. The van der Waals surface area contributed by atoms with Crippen molar-refractivity contribution in [1.82, 2.24) is 14.5 Å². The second-order valence-electron chi connectivity index (χ2n) is 16.8. The van der Waals surface area contributed by atoms with Crippen molar-refractivity contribution < 1.29 is 4.42 Å². The lowest BCUT2D eigenvalue weighted by molar-refractivity contribution is 0.669. The van der Waals surface area contributed by atoms with Crippen molar-refractivity contribution in [3.63, 3.8) is 0 Å². The molecule has 4 heterocycles. The molecule has 3 aromatic heterocycles. The molecular formula is C59H35N3O. The summed E-state index contributed by atoms with van der Waals surface area (Å²) in [6.07, 6.45) is 0. The predicted octanol–water partition coefficient (Wildman–Crippen LogP) is 14.8. The molecule has 0 bridgehead atoms. The molecule has 4 heteroatoms. The molecule has 0 amide bonds. The number of hydrogen-bond acceptors (Lipinski definition) is 3. The molecule has 12 aromatic rings. The van der Waals surface area contributed by atoms with Gasteiger partial charge < -0.3 is 8.98 Å². The highest BCUT2D eigenvalue weighted by atomic mass is 16.3. The van der Waals surface area contributed by atoms with Gasteiger partial charge in [-0.1, -0.05) is 164 Å². The van der Waals surface area contributed by atoms with Gasteiger partial charge >= 0.3 is 0 Å². The second kappa shape index (κ2) is 12.8. The Morgan fingerprint density at radius 2 is 1.00 bits per heavy atom. The molecule has 63 heavy (non-hydrogen) atoms. The number of benzene rings is 9. The first-order chi connectivity index (χ1) is 31.2. The Morgan fingerprint density at radius 3 is 1.92 bits per heavy atom. The predicted molar refractivity (Wildman–Crippen MR) is 256 cm³/mol. The molecule has 1 spiro atoms. The molecule has 292 valence electrons. The maximum atomic E-state index is 6.33. The quantitative estimate of drug-likeness (QED) is 0.178. The minimum absolute atomic E-state index is 0.525. The zero-order valence-electron chi connectivity index (χ0n) is 34.0. The third kappa shape index (κ3) is 4.75. The van der Waals surface area contributed by atoms with E-state index < -0.39 is 5.41 Å². The summed E-state index contributed by atoms with van der Waals surface area (Å²) in [6.45, 7) is 0. The van der Waals surface area contributed by atoms with Gasteiger partial charge in [-0.2, -0.15) is 0 Å². The molecule has 0 fully saturated rings. The van der Waals surface area contributed by atoms with Crippen LogP contribution in [0.2, 0.25) is 0 Å². The van der Waals surface area contributed by atoms with Crippen molar-refractivity contribution in [2.45, 2.75) is 5.41 Å². The maximum Gasteiger partial charge on any atom is 0.160 e. The Morgan fingerprint density at radius 1 is 0.365 bits per heavy atom. The van der Waals surface area contributed by atoms with Crippen LogP contribution in [-0.4, -0.2) is 14.5 Å². The van der Waals surface area contributed by atoms with E-state index in [1.165, 1.54) is 60.9 Å². The van der Waals surface area contributed by atoms with Gasteiger partial charge in [0.15, 0.2) is 5.82 Å². The average Bonchev–Trinajstić information content (AvgIpc) is 4.00. The molecule has 4 nitrogen and oxygen atoms in total. The van der Waals surface area contributed by atoms with Gasteiger partial charge in [0.25, 0.3) is 0 Å². The van der Waals surface area contributed by atoms with Gasteiger partial charge in [-0.05, 0) is 93.0 Å². The van der Waals surface area contributed by atoms with E-state index in [1.807, 2.05) is 18.2 Å². The van der Waals surface area contributed by atoms with E-state index in [-0.39, 0.29) is 0 Å². The van der Waals surface area contributed by atoms with Gasteiger partial charge in [-0.15, -0.1) is 0 Å². The number of hydrogen-bond donors (Lipinski definition) is 0. The van der Waals surface area contributed by atoms with Crippen LogP contribution in [0, 0.1) is 0 Å². The fraction of sp³-hybridized carbons (Fsp3) is 0.0169. The van der Waals surface area contributed by atoms with Gasteiger partial charge in [0, 0.05) is 38.2 Å². The molecule has 9 aromatic carbocycles. The molecular weight excluding hydrogens is 767 g/mol. The fourth-order valence-electron chi connectivity index (χ4n) is 10.9. The van der Waals surface area contributed by atoms with Crippen LogP contribution in [0.15, 0.2) is 217 Å². The van der Waals surface area contributed by atoms with E-state index in [9.17, 15) is 0 Å². The molecule has 0 N–H and O–H groups in total. The van der Waals surface area contributed by atoms with E-state index in [4.69, 9.17) is 14.4 Å². The average molecular weight is 802 g/mol. The van der Waals surface area contributed by atoms with Gasteiger partial charge in [0.05, 0.1) is 33.5 Å². The fourth-order valence-corrected chi connectivity index (χ4v) is 10.9. The molecule has 0 saturated heterocycles. The summed E-state index contributed by atoms with van der Waals surface area (Å²) in [5, 5.41) is 4.75. The molecule has 0 radical (unpaired) electrons. The number of aromatic nitrogens is 3. The normalized spacial score (nSPS) is 14.7. The van der Waals surface area contributed by atoms with Gasteiger partial charge in [-0.25, -0.2) is 9.97 Å². The lowest BCUT2D eigenvalue weighted by atomic mass is 9.65. The van der Waals surface area contributed by atoms with Crippen molar-refractivity contribution in [3.05, 3.63) is 235 Å². The first-order valence-corrected chi connectivity index (χ1v) is 21.6. The van der Waals surface area contributed by atoms with Crippen LogP contribution in [0.4, 0.5) is 0 Å². The molecule has 2 aliphatic rings. The zero-order chi connectivity index (χ0) is 41.2. The van der Waals surface area contributed by atoms with Crippen LogP contribution in [-0.2, 0) is 5.41 Å². The largest absolute Gasteiger partial charge is 0.456 e. The smallest absolute Gasteiger partial charge is 0.160 e. The van der Waals surface area contributed by atoms with Crippen molar-refractivity contribution in [2.75, 3.05) is 0 Å². The van der Waals surface area contributed by atoms with Crippen molar-refractivity contribution in [1.29, 1.82) is 0 Å². The number of furan rings is 1. The lowest BCUT2D eigenvalue weighted by Crippen LogP contribution is -2.33. The Labute approximate surface area is 363 Å². The first kappa shape index (κ1) is 34.4. The molecule has 1 atom stereocenters. The van der Waals surface area contributed by atoms with Crippen LogP contribution >= 0.6 is 0 Å². The lowest BCUT2D eigenvalue weighted by Gasteiger charge is -2.39. The SMILES string of the molecule is c1ccc(-c2cc(-c3ccc4c(c3)oc3ccccc34)nc(-c3cccc(-c4ccc5c(c4)C4(c6ccccc6-5)c5ccccc5-n5c6ccccc6c6cccc4c65)c3)n2)cc1. The first-order valence-electron chi connectivity index (χ1n) is 21.6. The Hall–Kier alpha value is -8.34. The van der Waals surface area contributed by atoms with Crippen LogP contribution in [0.1, 0.15) is 22.3 Å². The van der Waals surface area contributed by atoms with E-state index in [0.717, 1.165) is 61.1 Å². The summed E-state index contributed by atoms with van der Waals surface area (Å²) in [5.41, 5.74) is 19.6. The van der Waals surface area contributed by atoms with E-state index in [2.05, 4.69) is 199 Å². The van der Waals surface area contributed by atoms with Crippen molar-refractivity contribution >= 4 is 43.7 Å². The summed E-state index contributed by atoms with van der Waals surface area (Å²) in [7, 11) is 0. The topological polar surface area (TPSA) is 43.9 Å². The highest BCUT2D eigenvalue weighted by molar-refractivity contribution is 6.13. The van der Waals surface area contributed by atoms with Crippen LogP contribution in [0.3, 0.4) is 0 Å². The highest BCUT2D eigenvalue weighted by Gasteiger charge is 2.50. The van der Waals surface area contributed by atoms with Crippen LogP contribution in [0.25, 0.3) is 106 Å². The van der Waals surface area contributed by atoms with E-state index >= 15 is 0 Å². The minimum Gasteiger partial charge on any atom is -0.456 e. The van der Waals surface area contributed by atoms with Crippen molar-refractivity contribution in [2.24, 2.45) is 0 Å². The number of fused-ring (bicyclic) bond motifs is 15. The summed E-state index contributed by atoms with van der Waals surface area (Å²) >= 11 is 0. The maximum absolute atomic E-state index is 6.33. The third-order valence-electron chi connectivity index (χ3n) is 13.6. The molecule has 1 unspecified atom stereocenters. The summed E-state index contributed by atoms with van der Waals surface area (Å²) in [5.74, 6) is 0.670. The molecule has 1 aliphatic heterocycles. The van der Waals surface area contributed by atoms with Crippen LogP contribution in [0.5, 0.6) is 0 Å². The van der Waals surface area contributed by atoms with E-state index in [1.54, 1.807) is 0 Å². The molecule has 0 saturated carbocycles. The standard InChI is InChI=1S/C59H35N3O/c1-2-14-36(15-3-1)51-35-52(39-29-31-45-44-20-6-11-27-55(44)63-56(45)34-39)61-58(60-51)40-17-12-16-37(32-40)38-28-30-42-41-18-4-7-22-47(41)59(50(42)33-38)48-23-8-10-26-54(48)62-53-25-9-5-19-43(53)46-21-13-24-49(59)57(46)62/h1-35H. The zero-order valence-corrected chi connectivity index (χ0v) is 34.0. The minimum atomic E-state index is -0.525. The van der Waals surface area contributed by atoms with E-state index in [0.29, 0.717) is 5.82 Å². The van der Waals surface area contributed by atoms with Gasteiger partial charge in [0.2, 0.25) is 0 Å². The highest BCUT2D eigenvalue weighted by Crippen LogP contribution is 2.61. The molecule has 14 rings (SSSR count). The number of nitrogens with zero attached hydrogens (tertiary/aromatic N) is 3.